The molecule has 0 bridgehead atoms. The molecule has 0 radical (unpaired) electrons. The van der Waals surface area contributed by atoms with Gasteiger partial charge in [-0.2, -0.15) is 13.2 Å². The third-order valence-corrected chi connectivity index (χ3v) is 4.08. The number of aromatic nitrogens is 1. The minimum Gasteiger partial charge on any atom is -0.483 e. The van der Waals surface area contributed by atoms with Gasteiger partial charge in [-0.05, 0) is 47.7 Å². The average molecular weight is 429 g/mol. The second-order valence-electron chi connectivity index (χ2n) is 7.34. The molecule has 2 rings (SSSR count). The minimum absolute atomic E-state index is 0.191. The topological polar surface area (TPSA) is 74.2 Å². The number of anilines is 2. The zero-order valence-corrected chi connectivity index (χ0v) is 17.3. The predicted octanol–water partition coefficient (Wildman–Crippen LogP) is 5.55. The van der Waals surface area contributed by atoms with Gasteiger partial charge >= 0.3 is 6.18 Å². The monoisotopic (exact) mass is 429 g/mol. The Kier molecular flexibility index (Phi) is 9.71. The van der Waals surface area contributed by atoms with Crippen LogP contribution in [0.4, 0.5) is 29.1 Å². The van der Waals surface area contributed by atoms with Crippen LogP contribution in [-0.4, -0.2) is 23.1 Å². The van der Waals surface area contributed by atoms with Crippen LogP contribution in [0.2, 0.25) is 0 Å². The summed E-state index contributed by atoms with van der Waals surface area (Å²) in [6.45, 7) is 9.55. The Labute approximate surface area is 173 Å². The molecule has 0 atom stereocenters. The molecule has 1 heterocycles. The molecule has 9 heteroatoms. The molecule has 0 aliphatic rings. The first kappa shape index (κ1) is 25.4. The fraction of sp³-hybridized carbons (Fsp3) is 0.429. The van der Waals surface area contributed by atoms with Crippen molar-refractivity contribution in [3.63, 3.8) is 0 Å². The van der Waals surface area contributed by atoms with E-state index in [1.165, 1.54) is 12.1 Å². The van der Waals surface area contributed by atoms with Gasteiger partial charge in [-0.1, -0.05) is 33.8 Å². The van der Waals surface area contributed by atoms with Crippen LogP contribution in [0, 0.1) is 11.7 Å². The third kappa shape index (κ3) is 7.62. The van der Waals surface area contributed by atoms with Gasteiger partial charge in [0.15, 0.2) is 5.82 Å². The van der Waals surface area contributed by atoms with Crippen LogP contribution in [0.5, 0.6) is 0 Å². The van der Waals surface area contributed by atoms with E-state index in [-0.39, 0.29) is 18.1 Å². The van der Waals surface area contributed by atoms with Gasteiger partial charge in [0, 0.05) is 12.7 Å². The van der Waals surface area contributed by atoms with Gasteiger partial charge in [0.1, 0.15) is 5.82 Å². The molecule has 166 valence electrons. The number of hydrogen-bond acceptors (Lipinski definition) is 4. The number of rotatable bonds is 7. The number of alkyl halides is 3. The molecule has 0 spiro atoms. The van der Waals surface area contributed by atoms with Crippen molar-refractivity contribution >= 4 is 18.0 Å². The second-order valence-corrected chi connectivity index (χ2v) is 7.34. The van der Waals surface area contributed by atoms with Crippen LogP contribution in [-0.2, 0) is 17.5 Å². The SMILES string of the molecule is CC(C)CNCc1cnc(Nc2cccc(C(F)(F)F)c2F)cc1C(C)C.O=CO. The summed E-state index contributed by atoms with van der Waals surface area (Å²) in [6, 6.07) is 4.91. The van der Waals surface area contributed by atoms with Crippen molar-refractivity contribution in [1.82, 2.24) is 10.3 Å². The molecule has 5 nitrogen and oxygen atoms in total. The predicted molar refractivity (Wildman–Crippen MR) is 108 cm³/mol. The number of halogens is 4. The van der Waals surface area contributed by atoms with Crippen molar-refractivity contribution in [2.24, 2.45) is 5.92 Å². The van der Waals surface area contributed by atoms with Crippen LogP contribution in [0.25, 0.3) is 0 Å². The number of pyridine rings is 1. The molecule has 1 aromatic carbocycles. The molecule has 0 amide bonds. The standard InChI is InChI=1S/C20H25F4N3.CH2O2/c1-12(2)9-25-10-14-11-26-18(8-15(14)13(3)4)27-17-7-5-6-16(19(17)21)20(22,23)24;2-1-3/h5-8,11-13,25H,9-10H2,1-4H3,(H,26,27);1H,(H,2,3). The lowest BCUT2D eigenvalue weighted by Gasteiger charge is -2.17. The summed E-state index contributed by atoms with van der Waals surface area (Å²) < 4.78 is 52.8. The molecule has 0 saturated carbocycles. The molecule has 1 aromatic heterocycles. The Balaban J connectivity index is 0.00000141. The Bertz CT molecular complexity index is 824. The number of hydrogen-bond donors (Lipinski definition) is 3. The van der Waals surface area contributed by atoms with E-state index in [2.05, 4.69) is 29.5 Å². The van der Waals surface area contributed by atoms with Crippen LogP contribution in [0.15, 0.2) is 30.5 Å². The van der Waals surface area contributed by atoms with Crippen molar-refractivity contribution in [1.29, 1.82) is 0 Å². The number of nitrogens with one attached hydrogen (secondary N) is 2. The largest absolute Gasteiger partial charge is 0.483 e. The van der Waals surface area contributed by atoms with Crippen molar-refractivity contribution in [2.75, 3.05) is 11.9 Å². The molecule has 0 aliphatic carbocycles. The molecule has 0 fully saturated rings. The number of benzene rings is 1. The zero-order valence-electron chi connectivity index (χ0n) is 17.3. The van der Waals surface area contributed by atoms with Crippen molar-refractivity contribution in [2.45, 2.75) is 46.3 Å². The van der Waals surface area contributed by atoms with E-state index >= 15 is 0 Å². The Morgan fingerprint density at radius 2 is 1.83 bits per heavy atom. The summed E-state index contributed by atoms with van der Waals surface area (Å²) in [5, 5.41) is 12.9. The third-order valence-electron chi connectivity index (χ3n) is 4.08. The second kappa shape index (κ2) is 11.5. The van der Waals surface area contributed by atoms with Gasteiger partial charge in [0.05, 0.1) is 11.3 Å². The highest BCUT2D eigenvalue weighted by atomic mass is 19.4. The van der Waals surface area contributed by atoms with E-state index in [0.717, 1.165) is 23.7 Å². The number of carbonyl (C=O) groups is 1. The molecule has 0 aliphatic heterocycles. The summed E-state index contributed by atoms with van der Waals surface area (Å²) in [5.41, 5.74) is 0.473. The zero-order chi connectivity index (χ0) is 22.9. The van der Waals surface area contributed by atoms with Crippen LogP contribution in [0.1, 0.15) is 50.3 Å². The molecule has 2 aromatic rings. The van der Waals surface area contributed by atoms with Crippen molar-refractivity contribution < 1.29 is 27.5 Å². The highest BCUT2D eigenvalue weighted by Crippen LogP contribution is 2.35. The summed E-state index contributed by atoms with van der Waals surface area (Å²) in [6.07, 6.45) is -3.07. The van der Waals surface area contributed by atoms with Crippen LogP contribution in [0.3, 0.4) is 0 Å². The maximum Gasteiger partial charge on any atom is 0.419 e. The Morgan fingerprint density at radius 1 is 1.20 bits per heavy atom. The van der Waals surface area contributed by atoms with E-state index in [0.29, 0.717) is 18.3 Å². The Hall–Kier alpha value is -2.68. The van der Waals surface area contributed by atoms with E-state index in [1.54, 1.807) is 12.3 Å². The first-order valence-corrected chi connectivity index (χ1v) is 9.41. The fourth-order valence-electron chi connectivity index (χ4n) is 2.73. The van der Waals surface area contributed by atoms with Gasteiger partial charge in [0.25, 0.3) is 6.47 Å². The highest BCUT2D eigenvalue weighted by molar-refractivity contribution is 5.59. The molecule has 3 N–H and O–H groups in total. The van der Waals surface area contributed by atoms with Gasteiger partial charge in [-0.25, -0.2) is 9.37 Å². The number of carboxylic acid groups (broad SMARTS) is 1. The minimum atomic E-state index is -4.75. The van der Waals surface area contributed by atoms with Gasteiger partial charge in [0.2, 0.25) is 0 Å². The maximum atomic E-state index is 14.2. The molecule has 0 unspecified atom stereocenters. The lowest BCUT2D eigenvalue weighted by atomic mass is 9.98. The lowest BCUT2D eigenvalue weighted by Crippen LogP contribution is -2.20. The lowest BCUT2D eigenvalue weighted by molar-refractivity contribution is -0.139. The van der Waals surface area contributed by atoms with Crippen LogP contribution < -0.4 is 10.6 Å². The van der Waals surface area contributed by atoms with E-state index in [9.17, 15) is 17.6 Å². The summed E-state index contributed by atoms with van der Waals surface area (Å²) >= 11 is 0. The van der Waals surface area contributed by atoms with E-state index in [4.69, 9.17) is 9.90 Å². The van der Waals surface area contributed by atoms with E-state index in [1.807, 2.05) is 13.8 Å². The van der Waals surface area contributed by atoms with Gasteiger partial charge < -0.3 is 15.7 Å². The molecular weight excluding hydrogens is 402 g/mol. The van der Waals surface area contributed by atoms with Gasteiger partial charge in [-0.3, -0.25) is 4.79 Å². The fourth-order valence-corrected chi connectivity index (χ4v) is 2.73. The smallest absolute Gasteiger partial charge is 0.419 e. The Morgan fingerprint density at radius 3 is 2.37 bits per heavy atom. The maximum absolute atomic E-state index is 14.2. The van der Waals surface area contributed by atoms with Crippen molar-refractivity contribution in [3.8, 4) is 0 Å². The molecular formula is C21H27F4N3O2. The average Bonchev–Trinajstić information content (AvgIpc) is 2.63. The summed E-state index contributed by atoms with van der Waals surface area (Å²) in [7, 11) is 0. The van der Waals surface area contributed by atoms with E-state index < -0.39 is 17.6 Å². The van der Waals surface area contributed by atoms with Crippen LogP contribution >= 0.6 is 0 Å². The normalized spacial score (nSPS) is 11.3. The quantitative estimate of drug-likeness (QED) is 0.397. The molecule has 0 saturated heterocycles. The van der Waals surface area contributed by atoms with Gasteiger partial charge in [-0.15, -0.1) is 0 Å². The first-order chi connectivity index (χ1) is 14.0. The summed E-state index contributed by atoms with van der Waals surface area (Å²) in [5.74, 6) is -0.314. The van der Waals surface area contributed by atoms with Crippen molar-refractivity contribution in [3.05, 3.63) is 53.0 Å². The summed E-state index contributed by atoms with van der Waals surface area (Å²) in [4.78, 5) is 12.6. The first-order valence-electron chi connectivity index (χ1n) is 9.41. The molecule has 30 heavy (non-hydrogen) atoms. The highest BCUT2D eigenvalue weighted by Gasteiger charge is 2.34. The number of nitrogens with zero attached hydrogens (tertiary/aromatic N) is 1.